The van der Waals surface area contributed by atoms with Gasteiger partial charge in [0.2, 0.25) is 0 Å². The summed E-state index contributed by atoms with van der Waals surface area (Å²) in [6.45, 7) is 6.51. The van der Waals surface area contributed by atoms with Crippen LogP contribution in [-0.2, 0) is 19.6 Å². The molecular weight excluding hydrogens is 238 g/mol. The van der Waals surface area contributed by atoms with Crippen molar-refractivity contribution < 1.29 is 0 Å². The molecule has 0 unspecified atom stereocenters. The normalized spacial score (nSPS) is 24.7. The van der Waals surface area contributed by atoms with Crippen LogP contribution in [0, 0.1) is 0 Å². The average Bonchev–Trinajstić information content (AvgIpc) is 2.93. The Morgan fingerprint density at radius 1 is 1.42 bits per heavy atom. The molecule has 3 heterocycles. The summed E-state index contributed by atoms with van der Waals surface area (Å²) in [6.07, 6.45) is 2.46. The van der Waals surface area contributed by atoms with E-state index >= 15 is 0 Å². The van der Waals surface area contributed by atoms with Crippen molar-refractivity contribution in [1.29, 1.82) is 0 Å². The molecule has 19 heavy (non-hydrogen) atoms. The quantitative estimate of drug-likeness (QED) is 0.862. The Balaban J connectivity index is 1.62. The van der Waals surface area contributed by atoms with E-state index in [-0.39, 0.29) is 0 Å². The molecular formula is C14H25N5. The Hall–Kier alpha value is -0.910. The molecule has 2 aliphatic rings. The zero-order chi connectivity index (χ0) is 13.2. The topological polar surface area (TPSA) is 36.3 Å². The molecule has 0 spiro atoms. The Morgan fingerprint density at radius 3 is 3.11 bits per heavy atom. The summed E-state index contributed by atoms with van der Waals surface area (Å²) >= 11 is 0. The van der Waals surface area contributed by atoms with Crippen LogP contribution < -0.4 is 5.32 Å². The van der Waals surface area contributed by atoms with E-state index < -0.39 is 0 Å². The van der Waals surface area contributed by atoms with Crippen LogP contribution in [0.2, 0.25) is 0 Å². The van der Waals surface area contributed by atoms with Crippen LogP contribution in [0.3, 0.4) is 0 Å². The number of hydrogen-bond acceptors (Lipinski definition) is 4. The lowest BCUT2D eigenvalue weighted by molar-refractivity contribution is 0.262. The first kappa shape index (κ1) is 13.1. The first-order valence-corrected chi connectivity index (χ1v) is 7.37. The van der Waals surface area contributed by atoms with Crippen molar-refractivity contribution in [2.24, 2.45) is 0 Å². The average molecular weight is 263 g/mol. The van der Waals surface area contributed by atoms with Gasteiger partial charge in [0.25, 0.3) is 0 Å². The molecule has 0 amide bonds. The van der Waals surface area contributed by atoms with Crippen molar-refractivity contribution in [3.63, 3.8) is 0 Å². The molecule has 1 saturated heterocycles. The zero-order valence-electron chi connectivity index (χ0n) is 12.1. The van der Waals surface area contributed by atoms with Crippen LogP contribution in [0.25, 0.3) is 0 Å². The van der Waals surface area contributed by atoms with E-state index in [1.165, 1.54) is 37.3 Å². The van der Waals surface area contributed by atoms with Crippen molar-refractivity contribution in [3.05, 3.63) is 17.5 Å². The van der Waals surface area contributed by atoms with Crippen LogP contribution in [0.5, 0.6) is 0 Å². The van der Waals surface area contributed by atoms with Crippen LogP contribution >= 0.6 is 0 Å². The maximum atomic E-state index is 4.77. The van der Waals surface area contributed by atoms with Gasteiger partial charge in [0.1, 0.15) is 0 Å². The number of likely N-dealkylation sites (tertiary alicyclic amines) is 1. The molecule has 1 fully saturated rings. The molecule has 0 bridgehead atoms. The van der Waals surface area contributed by atoms with E-state index in [1.54, 1.807) is 0 Å². The molecule has 0 aliphatic carbocycles. The molecule has 0 aromatic carbocycles. The molecule has 106 valence electrons. The Morgan fingerprint density at radius 2 is 2.32 bits per heavy atom. The van der Waals surface area contributed by atoms with Crippen LogP contribution in [0.1, 0.15) is 24.2 Å². The van der Waals surface area contributed by atoms with Gasteiger partial charge in [-0.1, -0.05) is 0 Å². The minimum absolute atomic E-state index is 0.710. The summed E-state index contributed by atoms with van der Waals surface area (Å²) < 4.78 is 2.19. The van der Waals surface area contributed by atoms with Gasteiger partial charge < -0.3 is 10.2 Å². The Labute approximate surface area is 115 Å². The number of hydrogen-bond donors (Lipinski definition) is 1. The highest BCUT2D eigenvalue weighted by molar-refractivity contribution is 5.11. The second-order valence-corrected chi connectivity index (χ2v) is 6.02. The third-order valence-electron chi connectivity index (χ3n) is 4.31. The zero-order valence-corrected chi connectivity index (χ0v) is 12.1. The number of aromatic nitrogens is 2. The second kappa shape index (κ2) is 5.61. The van der Waals surface area contributed by atoms with Gasteiger partial charge in [-0.2, -0.15) is 5.10 Å². The monoisotopic (exact) mass is 263 g/mol. The highest BCUT2D eigenvalue weighted by Crippen LogP contribution is 2.17. The number of fused-ring (bicyclic) bond motifs is 1. The van der Waals surface area contributed by atoms with Gasteiger partial charge >= 0.3 is 0 Å². The first-order chi connectivity index (χ1) is 9.22. The van der Waals surface area contributed by atoms with Crippen molar-refractivity contribution >= 4 is 0 Å². The minimum atomic E-state index is 0.710. The van der Waals surface area contributed by atoms with E-state index in [0.717, 1.165) is 26.2 Å². The second-order valence-electron chi connectivity index (χ2n) is 6.02. The Bertz CT molecular complexity index is 402. The van der Waals surface area contributed by atoms with Crippen molar-refractivity contribution in [2.75, 3.05) is 33.7 Å². The molecule has 0 radical (unpaired) electrons. The lowest BCUT2D eigenvalue weighted by atomic mass is 10.2. The maximum Gasteiger partial charge on any atom is 0.0768 e. The van der Waals surface area contributed by atoms with Crippen molar-refractivity contribution in [2.45, 2.75) is 38.5 Å². The molecule has 1 N–H and O–H groups in total. The highest BCUT2D eigenvalue weighted by Gasteiger charge is 2.24. The number of aryl methyl sites for hydroxylation is 1. The van der Waals surface area contributed by atoms with Gasteiger partial charge in [-0.25, -0.2) is 0 Å². The van der Waals surface area contributed by atoms with E-state index in [4.69, 9.17) is 5.10 Å². The van der Waals surface area contributed by atoms with Gasteiger partial charge in [0, 0.05) is 38.8 Å². The fourth-order valence-corrected chi connectivity index (χ4v) is 3.10. The van der Waals surface area contributed by atoms with E-state index in [0.29, 0.717) is 6.04 Å². The largest absolute Gasteiger partial charge is 0.311 e. The molecule has 1 atom stereocenters. The number of nitrogens with one attached hydrogen (secondary N) is 1. The maximum absolute atomic E-state index is 4.77. The number of likely N-dealkylation sites (N-methyl/N-ethyl adjacent to an activating group) is 1. The Kier molecular flexibility index (Phi) is 3.86. The molecule has 5 heteroatoms. The van der Waals surface area contributed by atoms with Crippen molar-refractivity contribution in [3.8, 4) is 0 Å². The van der Waals surface area contributed by atoms with E-state index in [1.807, 2.05) is 0 Å². The SMILES string of the molecule is CN(C)[C@@H]1CCN(Cc2cc3n(n2)CCCNC3)C1. The van der Waals surface area contributed by atoms with Gasteiger partial charge in [0.05, 0.1) is 11.4 Å². The third-order valence-corrected chi connectivity index (χ3v) is 4.31. The van der Waals surface area contributed by atoms with Gasteiger partial charge in [-0.15, -0.1) is 0 Å². The molecule has 0 saturated carbocycles. The lowest BCUT2D eigenvalue weighted by Crippen LogP contribution is -2.31. The summed E-state index contributed by atoms with van der Waals surface area (Å²) in [5.74, 6) is 0. The molecule has 2 aliphatic heterocycles. The molecule has 1 aromatic rings. The summed E-state index contributed by atoms with van der Waals surface area (Å²) in [4.78, 5) is 4.87. The minimum Gasteiger partial charge on any atom is -0.311 e. The number of rotatable bonds is 3. The fraction of sp³-hybridized carbons (Fsp3) is 0.786. The predicted molar refractivity (Wildman–Crippen MR) is 75.9 cm³/mol. The number of nitrogens with zero attached hydrogens (tertiary/aromatic N) is 4. The summed E-state index contributed by atoms with van der Waals surface area (Å²) in [7, 11) is 4.36. The first-order valence-electron chi connectivity index (χ1n) is 7.37. The summed E-state index contributed by atoms with van der Waals surface area (Å²) in [5.41, 5.74) is 2.58. The van der Waals surface area contributed by atoms with E-state index in [9.17, 15) is 0 Å². The van der Waals surface area contributed by atoms with Crippen LogP contribution in [0.15, 0.2) is 6.07 Å². The van der Waals surface area contributed by atoms with Gasteiger partial charge in [-0.05, 0) is 39.5 Å². The predicted octanol–water partition coefficient (Wildman–Crippen LogP) is 0.512. The van der Waals surface area contributed by atoms with E-state index in [2.05, 4.69) is 40.0 Å². The standard InChI is InChI=1S/C14H25N5/c1-17(2)13-4-7-18(11-13)10-12-8-14-9-15-5-3-6-19(14)16-12/h8,13,15H,3-7,9-11H2,1-2H3/t13-/m1/s1. The lowest BCUT2D eigenvalue weighted by Gasteiger charge is -2.19. The summed E-state index contributed by atoms with van der Waals surface area (Å²) in [6, 6.07) is 2.99. The third kappa shape index (κ3) is 2.99. The molecule has 5 nitrogen and oxygen atoms in total. The fourth-order valence-electron chi connectivity index (χ4n) is 3.10. The van der Waals surface area contributed by atoms with Gasteiger partial charge in [0.15, 0.2) is 0 Å². The molecule has 3 rings (SSSR count). The summed E-state index contributed by atoms with van der Waals surface area (Å²) in [5, 5.41) is 8.22. The van der Waals surface area contributed by atoms with Gasteiger partial charge in [-0.3, -0.25) is 9.58 Å². The van der Waals surface area contributed by atoms with Crippen LogP contribution in [0.4, 0.5) is 0 Å². The van der Waals surface area contributed by atoms with Crippen LogP contribution in [-0.4, -0.2) is 59.4 Å². The van der Waals surface area contributed by atoms with Crippen molar-refractivity contribution in [1.82, 2.24) is 24.9 Å². The smallest absolute Gasteiger partial charge is 0.0768 e. The highest BCUT2D eigenvalue weighted by atomic mass is 15.3. The molecule has 1 aromatic heterocycles.